The van der Waals surface area contributed by atoms with Crippen LogP contribution < -0.4 is 9.64 Å². The maximum Gasteiger partial charge on any atom is 0.230 e. The van der Waals surface area contributed by atoms with Crippen LogP contribution in [0, 0.1) is 5.82 Å². The monoisotopic (exact) mass is 427 g/mol. The van der Waals surface area contributed by atoms with Gasteiger partial charge in [-0.25, -0.2) is 9.37 Å². The molecule has 0 bridgehead atoms. The van der Waals surface area contributed by atoms with Gasteiger partial charge in [-0.2, -0.15) is 0 Å². The molecule has 1 aromatic heterocycles. The van der Waals surface area contributed by atoms with Gasteiger partial charge in [0, 0.05) is 25.4 Å². The van der Waals surface area contributed by atoms with Crippen LogP contribution in [0.5, 0.6) is 5.75 Å². The molecule has 3 aromatic rings. The van der Waals surface area contributed by atoms with E-state index in [1.807, 2.05) is 36.7 Å². The first-order valence-electron chi connectivity index (χ1n) is 9.88. The van der Waals surface area contributed by atoms with Gasteiger partial charge in [0.05, 0.1) is 11.4 Å². The zero-order valence-corrected chi connectivity index (χ0v) is 18.3. The number of aryl methyl sites for hydroxylation is 1. The molecule has 0 aliphatic heterocycles. The van der Waals surface area contributed by atoms with E-state index in [4.69, 9.17) is 9.72 Å². The molecule has 1 amide bonds. The summed E-state index contributed by atoms with van der Waals surface area (Å²) in [5, 5.41) is 2.66. The molecule has 5 nitrogen and oxygen atoms in total. The normalized spacial score (nSPS) is 11.0. The Morgan fingerprint density at radius 3 is 2.60 bits per heavy atom. The number of halogens is 1. The van der Waals surface area contributed by atoms with Crippen molar-refractivity contribution in [3.63, 3.8) is 0 Å². The fourth-order valence-electron chi connectivity index (χ4n) is 3.11. The van der Waals surface area contributed by atoms with E-state index in [-0.39, 0.29) is 11.7 Å². The van der Waals surface area contributed by atoms with Crippen LogP contribution >= 0.6 is 11.3 Å². The van der Waals surface area contributed by atoms with E-state index in [0.29, 0.717) is 30.6 Å². The minimum Gasteiger partial charge on any atom is -0.492 e. The molecule has 7 heteroatoms. The number of thiazole rings is 1. The maximum atomic E-state index is 12.9. The number of nitrogens with zero attached hydrogens (tertiary/aromatic N) is 3. The summed E-state index contributed by atoms with van der Waals surface area (Å²) in [5.74, 6) is 0.310. The van der Waals surface area contributed by atoms with Crippen LogP contribution in [0.25, 0.3) is 0 Å². The fourth-order valence-corrected chi connectivity index (χ4v) is 3.98. The van der Waals surface area contributed by atoms with Crippen molar-refractivity contribution in [2.45, 2.75) is 26.8 Å². The average Bonchev–Trinajstić information content (AvgIpc) is 3.17. The molecule has 0 saturated carbocycles. The molecule has 2 aromatic carbocycles. The quantitative estimate of drug-likeness (QED) is 0.480. The van der Waals surface area contributed by atoms with Crippen molar-refractivity contribution in [3.8, 4) is 5.75 Å². The van der Waals surface area contributed by atoms with Gasteiger partial charge in [0.2, 0.25) is 5.91 Å². The van der Waals surface area contributed by atoms with Gasteiger partial charge >= 0.3 is 0 Å². The highest BCUT2D eigenvalue weighted by Crippen LogP contribution is 2.31. The number of likely N-dealkylation sites (N-methyl/N-ethyl adjacent to an activating group) is 1. The number of para-hydroxylation sites is 1. The van der Waals surface area contributed by atoms with E-state index in [1.54, 1.807) is 24.0 Å². The second-order valence-electron chi connectivity index (χ2n) is 7.00. The molecule has 0 saturated heterocycles. The molecule has 0 atom stereocenters. The summed E-state index contributed by atoms with van der Waals surface area (Å²) in [7, 11) is 1.99. The Morgan fingerprint density at radius 1 is 1.17 bits per heavy atom. The zero-order chi connectivity index (χ0) is 21.5. The van der Waals surface area contributed by atoms with Gasteiger partial charge in [0.15, 0.2) is 5.13 Å². The molecule has 0 spiro atoms. The van der Waals surface area contributed by atoms with Crippen LogP contribution in [0.15, 0.2) is 53.9 Å². The van der Waals surface area contributed by atoms with E-state index in [0.717, 1.165) is 23.4 Å². The Hall–Kier alpha value is -2.77. The van der Waals surface area contributed by atoms with E-state index >= 15 is 0 Å². The number of ether oxygens (including phenoxy) is 1. The van der Waals surface area contributed by atoms with Crippen molar-refractivity contribution in [1.29, 1.82) is 0 Å². The number of amides is 1. The number of anilines is 2. The van der Waals surface area contributed by atoms with Crippen molar-refractivity contribution < 1.29 is 13.9 Å². The van der Waals surface area contributed by atoms with Crippen molar-refractivity contribution in [2.24, 2.45) is 0 Å². The van der Waals surface area contributed by atoms with Crippen molar-refractivity contribution in [1.82, 2.24) is 9.88 Å². The second kappa shape index (κ2) is 10.3. The smallest absolute Gasteiger partial charge is 0.230 e. The number of aromatic nitrogens is 1. The number of carbonyl (C=O) groups is 1. The lowest BCUT2D eigenvalue weighted by Gasteiger charge is -2.21. The predicted molar refractivity (Wildman–Crippen MR) is 119 cm³/mol. The third-order valence-electron chi connectivity index (χ3n) is 4.65. The number of hydrogen-bond acceptors (Lipinski definition) is 5. The first-order chi connectivity index (χ1) is 14.5. The lowest BCUT2D eigenvalue weighted by molar-refractivity contribution is -0.115. The van der Waals surface area contributed by atoms with Gasteiger partial charge in [-0.1, -0.05) is 25.1 Å². The van der Waals surface area contributed by atoms with Crippen LogP contribution in [0.2, 0.25) is 0 Å². The molecule has 0 fully saturated rings. The molecule has 0 radical (unpaired) electrons. The molecule has 1 heterocycles. The summed E-state index contributed by atoms with van der Waals surface area (Å²) in [6, 6.07) is 13.9. The largest absolute Gasteiger partial charge is 0.492 e. The third kappa shape index (κ3) is 5.64. The van der Waals surface area contributed by atoms with Crippen LogP contribution in [0.1, 0.15) is 25.1 Å². The van der Waals surface area contributed by atoms with Crippen LogP contribution in [-0.4, -0.2) is 36.0 Å². The topological polar surface area (TPSA) is 45.7 Å². The number of hydrogen-bond donors (Lipinski definition) is 0. The van der Waals surface area contributed by atoms with Gasteiger partial charge in [0.25, 0.3) is 0 Å². The Bertz CT molecular complexity index is 975. The summed E-state index contributed by atoms with van der Waals surface area (Å²) >= 11 is 1.46. The summed E-state index contributed by atoms with van der Waals surface area (Å²) < 4.78 is 18.6. The summed E-state index contributed by atoms with van der Waals surface area (Å²) in [6.45, 7) is 5.46. The Kier molecular flexibility index (Phi) is 7.54. The lowest BCUT2D eigenvalue weighted by atomic mass is 10.1. The van der Waals surface area contributed by atoms with E-state index in [2.05, 4.69) is 11.8 Å². The van der Waals surface area contributed by atoms with Crippen LogP contribution in [0.3, 0.4) is 0 Å². The van der Waals surface area contributed by atoms with Crippen LogP contribution in [0.4, 0.5) is 15.2 Å². The van der Waals surface area contributed by atoms with E-state index in [1.165, 1.54) is 23.5 Å². The second-order valence-corrected chi connectivity index (χ2v) is 7.83. The third-order valence-corrected chi connectivity index (χ3v) is 5.52. The fraction of sp³-hybridized carbons (Fsp3) is 0.304. The minimum atomic E-state index is -0.278. The summed E-state index contributed by atoms with van der Waals surface area (Å²) in [6.07, 6.45) is 0.842. The molecular weight excluding hydrogens is 401 g/mol. The van der Waals surface area contributed by atoms with Gasteiger partial charge in [-0.3, -0.25) is 14.6 Å². The van der Waals surface area contributed by atoms with Crippen LogP contribution in [-0.2, 0) is 17.8 Å². The summed E-state index contributed by atoms with van der Waals surface area (Å²) in [5.41, 5.74) is 2.90. The Morgan fingerprint density at radius 2 is 1.90 bits per heavy atom. The SMILES string of the molecule is CCc1ccccc1N(C(C)=O)c1nc(CN(C)CCOc2ccc(F)cc2)cs1. The van der Waals surface area contributed by atoms with Gasteiger partial charge in [0.1, 0.15) is 18.2 Å². The molecule has 0 N–H and O–H groups in total. The first kappa shape index (κ1) is 21.9. The number of rotatable bonds is 9. The summed E-state index contributed by atoms with van der Waals surface area (Å²) in [4.78, 5) is 20.9. The van der Waals surface area contributed by atoms with Gasteiger partial charge in [-0.05, 0) is 49.4 Å². The van der Waals surface area contributed by atoms with Crippen molar-refractivity contribution in [3.05, 3.63) is 71.0 Å². The van der Waals surface area contributed by atoms with Gasteiger partial charge in [-0.15, -0.1) is 11.3 Å². The molecule has 3 rings (SSSR count). The van der Waals surface area contributed by atoms with Crippen molar-refractivity contribution >= 4 is 28.1 Å². The molecule has 30 heavy (non-hydrogen) atoms. The highest BCUT2D eigenvalue weighted by molar-refractivity contribution is 7.14. The molecule has 0 unspecified atom stereocenters. The zero-order valence-electron chi connectivity index (χ0n) is 17.5. The predicted octanol–water partition coefficient (Wildman–Crippen LogP) is 5.04. The lowest BCUT2D eigenvalue weighted by Crippen LogP contribution is -2.25. The highest BCUT2D eigenvalue weighted by Gasteiger charge is 2.20. The number of carbonyl (C=O) groups excluding carboxylic acids is 1. The Balaban J connectivity index is 1.61. The molecule has 0 aliphatic carbocycles. The number of benzene rings is 2. The van der Waals surface area contributed by atoms with Gasteiger partial charge < -0.3 is 4.74 Å². The average molecular weight is 428 g/mol. The highest BCUT2D eigenvalue weighted by atomic mass is 32.1. The Labute approximate surface area is 180 Å². The maximum absolute atomic E-state index is 12.9. The standard InChI is InChI=1S/C23H26FN3O2S/c1-4-18-7-5-6-8-22(18)27(17(2)28)23-25-20(16-30-23)15-26(3)13-14-29-21-11-9-19(24)10-12-21/h5-12,16H,4,13-15H2,1-3H3. The molecule has 158 valence electrons. The molecular formula is C23H26FN3O2S. The van der Waals surface area contributed by atoms with E-state index in [9.17, 15) is 9.18 Å². The van der Waals surface area contributed by atoms with Crippen molar-refractivity contribution in [2.75, 3.05) is 25.1 Å². The molecule has 0 aliphatic rings. The first-order valence-corrected chi connectivity index (χ1v) is 10.8. The van der Waals surface area contributed by atoms with E-state index < -0.39 is 0 Å². The minimum absolute atomic E-state index is 0.0575.